The fraction of sp³-hybridized carbons (Fsp3) is 0.250. The van der Waals surface area contributed by atoms with E-state index < -0.39 is 6.04 Å². The first kappa shape index (κ1) is 20.3. The lowest BCUT2D eigenvalue weighted by Crippen LogP contribution is -2.45. The first-order valence-electron chi connectivity index (χ1n) is 10.0. The number of benzene rings is 3. The van der Waals surface area contributed by atoms with Gasteiger partial charge in [-0.05, 0) is 48.2 Å². The topological polar surface area (TPSA) is 69.6 Å². The van der Waals surface area contributed by atoms with E-state index in [2.05, 4.69) is 5.32 Å². The summed E-state index contributed by atoms with van der Waals surface area (Å²) in [5.74, 6) is -0.492. The van der Waals surface area contributed by atoms with Crippen molar-refractivity contribution in [3.8, 4) is 5.75 Å². The Morgan fingerprint density at radius 1 is 1.10 bits per heavy atom. The number of hydrogen-bond donors (Lipinski definition) is 2. The molecule has 0 aromatic heterocycles. The average Bonchev–Trinajstić information content (AvgIpc) is 3.28. The Labute approximate surface area is 180 Å². The summed E-state index contributed by atoms with van der Waals surface area (Å²) >= 11 is 1.67. The van der Waals surface area contributed by atoms with E-state index in [1.165, 1.54) is 4.90 Å². The van der Waals surface area contributed by atoms with Gasteiger partial charge in [-0.3, -0.25) is 9.59 Å². The molecule has 30 heavy (non-hydrogen) atoms. The van der Waals surface area contributed by atoms with E-state index >= 15 is 0 Å². The van der Waals surface area contributed by atoms with Gasteiger partial charge in [0.25, 0.3) is 5.91 Å². The van der Waals surface area contributed by atoms with Crippen LogP contribution in [-0.4, -0.2) is 40.7 Å². The van der Waals surface area contributed by atoms with Crippen LogP contribution in [0.15, 0.2) is 65.6 Å². The molecule has 0 saturated carbocycles. The molecule has 6 heteroatoms. The molecule has 0 aliphatic carbocycles. The van der Waals surface area contributed by atoms with Crippen LogP contribution in [0.4, 0.5) is 0 Å². The average molecular weight is 421 g/mol. The van der Waals surface area contributed by atoms with Gasteiger partial charge in [0.2, 0.25) is 5.91 Å². The first-order chi connectivity index (χ1) is 14.6. The minimum atomic E-state index is -0.520. The number of carbonyl (C=O) groups is 2. The zero-order valence-electron chi connectivity index (χ0n) is 16.8. The van der Waals surface area contributed by atoms with Gasteiger partial charge < -0.3 is 15.3 Å². The Morgan fingerprint density at radius 2 is 1.87 bits per heavy atom. The molecule has 4 rings (SSSR count). The number of aromatic hydroxyl groups is 1. The minimum Gasteiger partial charge on any atom is -0.506 e. The summed E-state index contributed by atoms with van der Waals surface area (Å²) in [5, 5.41) is 15.1. The molecule has 0 radical (unpaired) electrons. The van der Waals surface area contributed by atoms with Crippen LogP contribution < -0.4 is 5.32 Å². The molecule has 2 amide bonds. The van der Waals surface area contributed by atoms with Crippen LogP contribution in [0.25, 0.3) is 10.8 Å². The van der Waals surface area contributed by atoms with Crippen molar-refractivity contribution in [2.75, 3.05) is 12.8 Å². The summed E-state index contributed by atoms with van der Waals surface area (Å²) in [5.41, 5.74) is 1.25. The standard InChI is InChI=1S/C24H24N2O3S/c1-30-18-11-8-16(9-12-18)15-25-23(28)21-7-4-14-26(21)24(29)20-13-10-17-5-2-3-6-19(17)22(20)27/h2-3,5-6,8-13,21,27H,4,7,14-15H2,1H3,(H,25,28). The Kier molecular flexibility index (Phi) is 5.95. The van der Waals surface area contributed by atoms with E-state index in [0.29, 0.717) is 24.9 Å². The van der Waals surface area contributed by atoms with Crippen molar-refractivity contribution in [1.29, 1.82) is 0 Å². The number of nitrogens with zero attached hydrogens (tertiary/aromatic N) is 1. The minimum absolute atomic E-state index is 0.0296. The highest BCUT2D eigenvalue weighted by Gasteiger charge is 2.35. The number of thioether (sulfide) groups is 1. The maximum atomic E-state index is 13.2. The molecule has 5 nitrogen and oxygen atoms in total. The van der Waals surface area contributed by atoms with Crippen LogP contribution in [-0.2, 0) is 11.3 Å². The molecule has 3 aromatic carbocycles. The number of likely N-dealkylation sites (tertiary alicyclic amines) is 1. The second kappa shape index (κ2) is 8.79. The van der Waals surface area contributed by atoms with Crippen LogP contribution in [0.5, 0.6) is 5.75 Å². The summed E-state index contributed by atoms with van der Waals surface area (Å²) in [6, 6.07) is 18.4. The number of phenols is 1. The SMILES string of the molecule is CSc1ccc(CNC(=O)C2CCCN2C(=O)c2ccc3ccccc3c2O)cc1. The first-order valence-corrected chi connectivity index (χ1v) is 11.2. The molecule has 1 fully saturated rings. The predicted octanol–water partition coefficient (Wildman–Crippen LogP) is 4.19. The molecule has 1 aliphatic rings. The van der Waals surface area contributed by atoms with Gasteiger partial charge in [-0.25, -0.2) is 0 Å². The van der Waals surface area contributed by atoms with Gasteiger partial charge in [0.15, 0.2) is 0 Å². The van der Waals surface area contributed by atoms with E-state index in [1.54, 1.807) is 28.8 Å². The summed E-state index contributed by atoms with van der Waals surface area (Å²) in [7, 11) is 0. The molecule has 3 aromatic rings. The smallest absolute Gasteiger partial charge is 0.258 e. The van der Waals surface area contributed by atoms with Gasteiger partial charge in [-0.15, -0.1) is 11.8 Å². The largest absolute Gasteiger partial charge is 0.506 e. The maximum Gasteiger partial charge on any atom is 0.258 e. The van der Waals surface area contributed by atoms with Crippen molar-refractivity contribution in [3.63, 3.8) is 0 Å². The summed E-state index contributed by atoms with van der Waals surface area (Å²) in [6.45, 7) is 0.929. The highest BCUT2D eigenvalue weighted by Crippen LogP contribution is 2.31. The molecule has 0 bridgehead atoms. The fourth-order valence-corrected chi connectivity index (χ4v) is 4.32. The van der Waals surface area contributed by atoms with Crippen molar-refractivity contribution in [3.05, 3.63) is 71.8 Å². The van der Waals surface area contributed by atoms with E-state index in [4.69, 9.17) is 0 Å². The molecular weight excluding hydrogens is 396 g/mol. The Bertz CT molecular complexity index is 1080. The number of carbonyl (C=O) groups excluding carboxylic acids is 2. The van der Waals surface area contributed by atoms with E-state index in [0.717, 1.165) is 17.4 Å². The third-order valence-corrected chi connectivity index (χ3v) is 6.32. The van der Waals surface area contributed by atoms with Crippen LogP contribution in [0.3, 0.4) is 0 Å². The Morgan fingerprint density at radius 3 is 2.63 bits per heavy atom. The number of nitrogens with one attached hydrogen (secondary N) is 1. The van der Waals surface area contributed by atoms with Gasteiger partial charge in [-0.2, -0.15) is 0 Å². The summed E-state index contributed by atoms with van der Waals surface area (Å²) < 4.78 is 0. The Balaban J connectivity index is 1.48. The molecule has 154 valence electrons. The van der Waals surface area contributed by atoms with E-state index in [-0.39, 0.29) is 23.1 Å². The predicted molar refractivity (Wildman–Crippen MR) is 120 cm³/mol. The van der Waals surface area contributed by atoms with Gasteiger partial charge >= 0.3 is 0 Å². The molecule has 1 aliphatic heterocycles. The fourth-order valence-electron chi connectivity index (χ4n) is 3.92. The molecule has 0 spiro atoms. The lowest BCUT2D eigenvalue weighted by atomic mass is 10.0. The molecule has 1 heterocycles. The third-order valence-electron chi connectivity index (χ3n) is 5.57. The molecular formula is C24H24N2O3S. The van der Waals surface area contributed by atoms with E-state index in [9.17, 15) is 14.7 Å². The highest BCUT2D eigenvalue weighted by molar-refractivity contribution is 7.98. The van der Waals surface area contributed by atoms with Crippen LogP contribution >= 0.6 is 11.8 Å². The second-order valence-corrected chi connectivity index (χ2v) is 8.28. The zero-order valence-corrected chi connectivity index (χ0v) is 17.6. The van der Waals surface area contributed by atoms with Gasteiger partial charge in [0, 0.05) is 23.4 Å². The van der Waals surface area contributed by atoms with Crippen LogP contribution in [0.2, 0.25) is 0 Å². The van der Waals surface area contributed by atoms with Gasteiger partial charge in [0.05, 0.1) is 5.56 Å². The zero-order chi connectivity index (χ0) is 21.1. The van der Waals surface area contributed by atoms with Crippen LogP contribution in [0, 0.1) is 0 Å². The molecule has 1 unspecified atom stereocenters. The number of fused-ring (bicyclic) bond motifs is 1. The number of phenolic OH excluding ortho intramolecular Hbond substituents is 1. The quantitative estimate of drug-likeness (QED) is 0.608. The van der Waals surface area contributed by atoms with Crippen molar-refractivity contribution >= 4 is 34.3 Å². The third kappa shape index (κ3) is 4.00. The number of hydrogen-bond acceptors (Lipinski definition) is 4. The van der Waals surface area contributed by atoms with Gasteiger partial charge in [0.1, 0.15) is 11.8 Å². The highest BCUT2D eigenvalue weighted by atomic mass is 32.2. The van der Waals surface area contributed by atoms with Crippen molar-refractivity contribution in [2.45, 2.75) is 30.3 Å². The van der Waals surface area contributed by atoms with E-state index in [1.807, 2.05) is 54.8 Å². The molecule has 1 saturated heterocycles. The summed E-state index contributed by atoms with van der Waals surface area (Å²) in [4.78, 5) is 28.7. The lowest BCUT2D eigenvalue weighted by molar-refractivity contribution is -0.125. The molecule has 1 atom stereocenters. The second-order valence-electron chi connectivity index (χ2n) is 7.41. The normalized spacial score (nSPS) is 16.0. The number of rotatable bonds is 5. The monoisotopic (exact) mass is 420 g/mol. The van der Waals surface area contributed by atoms with Crippen LogP contribution in [0.1, 0.15) is 28.8 Å². The number of amides is 2. The van der Waals surface area contributed by atoms with Crippen molar-refractivity contribution < 1.29 is 14.7 Å². The summed E-state index contributed by atoms with van der Waals surface area (Å²) in [6.07, 6.45) is 3.41. The van der Waals surface area contributed by atoms with Gasteiger partial charge in [-0.1, -0.05) is 42.5 Å². The Hall–Kier alpha value is -2.99. The van der Waals surface area contributed by atoms with Crippen molar-refractivity contribution in [1.82, 2.24) is 10.2 Å². The molecule has 2 N–H and O–H groups in total. The van der Waals surface area contributed by atoms with Crippen molar-refractivity contribution in [2.24, 2.45) is 0 Å². The lowest BCUT2D eigenvalue weighted by Gasteiger charge is -2.24. The maximum absolute atomic E-state index is 13.2.